The van der Waals surface area contributed by atoms with Gasteiger partial charge in [-0.25, -0.2) is 0 Å². The van der Waals surface area contributed by atoms with Gasteiger partial charge < -0.3 is 19.3 Å². The second-order valence-electron chi connectivity index (χ2n) is 8.07. The fourth-order valence-electron chi connectivity index (χ4n) is 4.07. The molecular weight excluding hydrogens is 406 g/mol. The van der Waals surface area contributed by atoms with Crippen LogP contribution in [0.3, 0.4) is 0 Å². The lowest BCUT2D eigenvalue weighted by atomic mass is 9.94. The first-order chi connectivity index (χ1) is 15.6. The van der Waals surface area contributed by atoms with Gasteiger partial charge >= 0.3 is 0 Å². The van der Waals surface area contributed by atoms with E-state index in [1.165, 1.54) is 5.56 Å². The van der Waals surface area contributed by atoms with Crippen molar-refractivity contribution in [3.8, 4) is 11.5 Å². The Hall–Kier alpha value is -3.32. The molecule has 32 heavy (non-hydrogen) atoms. The van der Waals surface area contributed by atoms with Gasteiger partial charge in [0.15, 0.2) is 0 Å². The molecule has 0 saturated carbocycles. The van der Waals surface area contributed by atoms with Crippen LogP contribution in [0.25, 0.3) is 0 Å². The normalized spacial score (nSPS) is 16.5. The molecule has 1 unspecified atom stereocenters. The lowest BCUT2D eigenvalue weighted by molar-refractivity contribution is 0.0913. The zero-order valence-corrected chi connectivity index (χ0v) is 18.5. The molecule has 168 valence electrons. The van der Waals surface area contributed by atoms with E-state index >= 15 is 0 Å². The van der Waals surface area contributed by atoms with Crippen molar-refractivity contribution < 1.29 is 18.8 Å². The number of amides is 1. The van der Waals surface area contributed by atoms with Crippen molar-refractivity contribution in [1.29, 1.82) is 0 Å². The van der Waals surface area contributed by atoms with Crippen LogP contribution in [0, 0.1) is 0 Å². The monoisotopic (exact) mass is 435 g/mol. The first-order valence-corrected chi connectivity index (χ1v) is 10.9. The van der Waals surface area contributed by atoms with Crippen LogP contribution >= 0.6 is 0 Å². The highest BCUT2D eigenvalue weighted by Crippen LogP contribution is 2.28. The second kappa shape index (κ2) is 10.3. The maximum atomic E-state index is 12.5. The Morgan fingerprint density at radius 3 is 2.69 bits per heavy atom. The van der Waals surface area contributed by atoms with E-state index in [1.54, 1.807) is 20.3 Å². The summed E-state index contributed by atoms with van der Waals surface area (Å²) in [7, 11) is 3.31. The Morgan fingerprint density at radius 2 is 1.91 bits per heavy atom. The van der Waals surface area contributed by atoms with Gasteiger partial charge in [-0.3, -0.25) is 9.69 Å². The number of hydrogen-bond donors (Lipinski definition) is 1. The SMILES string of the molecule is COc1ccc(CNC(=O)c2cc(C3CCCN(Cc4cccc(OC)c4)C3)no2)cc1. The lowest BCUT2D eigenvalue weighted by Gasteiger charge is -2.31. The molecule has 0 spiro atoms. The molecule has 1 amide bonds. The van der Waals surface area contributed by atoms with E-state index in [2.05, 4.69) is 27.5 Å². The summed E-state index contributed by atoms with van der Waals surface area (Å²) in [5.41, 5.74) is 3.05. The maximum absolute atomic E-state index is 12.5. The molecule has 3 aromatic rings. The minimum atomic E-state index is -0.261. The van der Waals surface area contributed by atoms with Crippen molar-refractivity contribution in [3.63, 3.8) is 0 Å². The van der Waals surface area contributed by atoms with E-state index in [-0.39, 0.29) is 17.6 Å². The number of piperidine rings is 1. The number of rotatable bonds is 8. The number of benzene rings is 2. The van der Waals surface area contributed by atoms with Crippen molar-refractivity contribution in [3.05, 3.63) is 77.2 Å². The predicted molar refractivity (Wildman–Crippen MR) is 121 cm³/mol. The third-order valence-electron chi connectivity index (χ3n) is 5.83. The number of nitrogens with one attached hydrogen (secondary N) is 1. The van der Waals surface area contributed by atoms with Gasteiger partial charge in [0.2, 0.25) is 5.76 Å². The Bertz CT molecular complexity index is 1030. The molecule has 0 bridgehead atoms. The molecule has 1 N–H and O–H groups in total. The molecule has 0 aliphatic carbocycles. The molecule has 1 fully saturated rings. The van der Waals surface area contributed by atoms with E-state index in [1.807, 2.05) is 36.4 Å². The van der Waals surface area contributed by atoms with E-state index in [0.717, 1.165) is 55.2 Å². The largest absolute Gasteiger partial charge is 0.497 e. The number of carbonyl (C=O) groups excluding carboxylic acids is 1. The van der Waals surface area contributed by atoms with Gasteiger partial charge in [0.1, 0.15) is 11.5 Å². The molecule has 7 nitrogen and oxygen atoms in total. The van der Waals surface area contributed by atoms with Crippen LogP contribution in [0.4, 0.5) is 0 Å². The third-order valence-corrected chi connectivity index (χ3v) is 5.83. The second-order valence-corrected chi connectivity index (χ2v) is 8.07. The van der Waals surface area contributed by atoms with Crippen LogP contribution < -0.4 is 14.8 Å². The number of methoxy groups -OCH3 is 2. The molecule has 1 aromatic heterocycles. The van der Waals surface area contributed by atoms with Crippen molar-refractivity contribution in [2.24, 2.45) is 0 Å². The number of ether oxygens (including phenoxy) is 2. The zero-order chi connectivity index (χ0) is 22.3. The third kappa shape index (κ3) is 5.48. The molecule has 0 radical (unpaired) electrons. The van der Waals surface area contributed by atoms with Crippen molar-refractivity contribution in [1.82, 2.24) is 15.4 Å². The Morgan fingerprint density at radius 1 is 1.09 bits per heavy atom. The van der Waals surface area contributed by atoms with E-state index in [4.69, 9.17) is 14.0 Å². The topological polar surface area (TPSA) is 76.8 Å². The quantitative estimate of drug-likeness (QED) is 0.576. The number of aromatic nitrogens is 1. The van der Waals surface area contributed by atoms with E-state index in [0.29, 0.717) is 6.54 Å². The fourth-order valence-corrected chi connectivity index (χ4v) is 4.07. The fraction of sp³-hybridized carbons (Fsp3) is 0.360. The summed E-state index contributed by atoms with van der Waals surface area (Å²) >= 11 is 0. The lowest BCUT2D eigenvalue weighted by Crippen LogP contribution is -2.34. The van der Waals surface area contributed by atoms with Crippen LogP contribution in [-0.4, -0.2) is 43.3 Å². The van der Waals surface area contributed by atoms with Gasteiger partial charge in [-0.15, -0.1) is 0 Å². The summed E-state index contributed by atoms with van der Waals surface area (Å²) in [4.78, 5) is 14.9. The summed E-state index contributed by atoms with van der Waals surface area (Å²) in [5, 5.41) is 7.09. The average Bonchev–Trinajstić information content (AvgIpc) is 3.34. The average molecular weight is 436 g/mol. The summed E-state index contributed by atoms with van der Waals surface area (Å²) in [6, 6.07) is 17.5. The minimum absolute atomic E-state index is 0.249. The molecule has 2 aromatic carbocycles. The van der Waals surface area contributed by atoms with Crippen molar-refractivity contribution in [2.45, 2.75) is 31.8 Å². The van der Waals surface area contributed by atoms with Crippen LogP contribution in [0.1, 0.15) is 46.1 Å². The van der Waals surface area contributed by atoms with Gasteiger partial charge in [-0.2, -0.15) is 0 Å². The van der Waals surface area contributed by atoms with Crippen molar-refractivity contribution in [2.75, 3.05) is 27.3 Å². The molecule has 7 heteroatoms. The molecule has 1 atom stereocenters. The van der Waals surface area contributed by atoms with Gasteiger partial charge in [-0.05, 0) is 54.8 Å². The van der Waals surface area contributed by atoms with Gasteiger partial charge in [0.05, 0.1) is 19.9 Å². The van der Waals surface area contributed by atoms with Crippen LogP contribution in [0.5, 0.6) is 11.5 Å². The molecule has 2 heterocycles. The maximum Gasteiger partial charge on any atom is 0.290 e. The van der Waals surface area contributed by atoms with Crippen LogP contribution in [0.15, 0.2) is 59.1 Å². The van der Waals surface area contributed by atoms with Gasteiger partial charge in [-0.1, -0.05) is 29.4 Å². The van der Waals surface area contributed by atoms with Crippen molar-refractivity contribution >= 4 is 5.91 Å². The van der Waals surface area contributed by atoms with E-state index < -0.39 is 0 Å². The molecule has 1 aliphatic heterocycles. The van der Waals surface area contributed by atoms with Gasteiger partial charge in [0.25, 0.3) is 5.91 Å². The number of likely N-dealkylation sites (tertiary alicyclic amines) is 1. The highest BCUT2D eigenvalue weighted by molar-refractivity contribution is 5.91. The Balaban J connectivity index is 1.33. The smallest absolute Gasteiger partial charge is 0.290 e. The first-order valence-electron chi connectivity index (χ1n) is 10.9. The molecule has 4 rings (SSSR count). The van der Waals surface area contributed by atoms with Gasteiger partial charge in [0, 0.05) is 31.6 Å². The molecule has 1 saturated heterocycles. The minimum Gasteiger partial charge on any atom is -0.497 e. The Labute approximate surface area is 188 Å². The van der Waals surface area contributed by atoms with Crippen LogP contribution in [0.2, 0.25) is 0 Å². The zero-order valence-electron chi connectivity index (χ0n) is 18.5. The highest BCUT2D eigenvalue weighted by atomic mass is 16.5. The predicted octanol–water partition coefficient (Wildman–Crippen LogP) is 4.00. The molecular formula is C25H29N3O4. The van der Waals surface area contributed by atoms with Crippen LogP contribution in [-0.2, 0) is 13.1 Å². The number of nitrogens with zero attached hydrogens (tertiary/aromatic N) is 2. The first kappa shape index (κ1) is 21.9. The molecule has 1 aliphatic rings. The summed E-state index contributed by atoms with van der Waals surface area (Å²) in [6.07, 6.45) is 2.12. The highest BCUT2D eigenvalue weighted by Gasteiger charge is 2.25. The summed E-state index contributed by atoms with van der Waals surface area (Å²) < 4.78 is 15.9. The number of carbonyl (C=O) groups is 1. The summed E-state index contributed by atoms with van der Waals surface area (Å²) in [5.74, 6) is 1.90. The Kier molecular flexibility index (Phi) is 7.07. The summed E-state index contributed by atoms with van der Waals surface area (Å²) in [6.45, 7) is 3.20. The standard InChI is InChI=1S/C25H29N3O4/c1-30-21-10-8-18(9-11-21)15-26-25(29)24-14-23(27-32-24)20-6-4-12-28(17-20)16-19-5-3-7-22(13-19)31-2/h3,5,7-11,13-14,20H,4,6,12,15-17H2,1-2H3,(H,26,29). The van der Waals surface area contributed by atoms with E-state index in [9.17, 15) is 4.79 Å². The number of hydrogen-bond acceptors (Lipinski definition) is 6.